The first-order valence-electron chi connectivity index (χ1n) is 8.45. The molecule has 0 fully saturated rings. The molecule has 9 heteroatoms. The summed E-state index contributed by atoms with van der Waals surface area (Å²) in [4.78, 5) is 11.3. The van der Waals surface area contributed by atoms with E-state index in [1.165, 1.54) is 10.7 Å². The van der Waals surface area contributed by atoms with Gasteiger partial charge in [0.25, 0.3) is 5.56 Å². The number of halogens is 2. The molecule has 0 atom stereocenters. The fraction of sp³-hybridized carbons (Fsp3) is 0.158. The number of nitrogens with zero attached hydrogens (tertiary/aromatic N) is 2. The quantitative estimate of drug-likeness (QED) is 0.613. The molecule has 3 rings (SSSR count). The highest BCUT2D eigenvalue weighted by Gasteiger charge is 2.18. The molecule has 0 aliphatic rings. The third-order valence-corrected chi connectivity index (χ3v) is 5.45. The molecule has 6 nitrogen and oxygen atoms in total. The first-order chi connectivity index (χ1) is 13.4. The maximum Gasteiger partial charge on any atom is 0.266 e. The molecule has 0 radical (unpaired) electrons. The van der Waals surface area contributed by atoms with E-state index in [-0.39, 0.29) is 25.1 Å². The van der Waals surface area contributed by atoms with Crippen LogP contribution in [0.3, 0.4) is 0 Å². The van der Waals surface area contributed by atoms with Gasteiger partial charge in [0.15, 0.2) is 0 Å². The molecule has 3 aromatic rings. The lowest BCUT2D eigenvalue weighted by atomic mass is 10.1. The minimum absolute atomic E-state index is 0.0389. The summed E-state index contributed by atoms with van der Waals surface area (Å²) in [6.07, 6.45) is 0.257. The summed E-state index contributed by atoms with van der Waals surface area (Å²) in [5.74, 6) is -2.03. The predicted molar refractivity (Wildman–Crippen MR) is 100 cm³/mol. The van der Waals surface area contributed by atoms with E-state index in [0.717, 1.165) is 17.7 Å². The molecule has 1 aromatic heterocycles. The zero-order chi connectivity index (χ0) is 20.1. The van der Waals surface area contributed by atoms with Crippen LogP contribution in [0.15, 0.2) is 70.4 Å². The second kappa shape index (κ2) is 8.41. The molecule has 0 spiro atoms. The van der Waals surface area contributed by atoms with Crippen LogP contribution in [0.4, 0.5) is 8.78 Å². The molecule has 0 saturated carbocycles. The minimum Gasteiger partial charge on any atom is -0.268 e. The van der Waals surface area contributed by atoms with Crippen molar-refractivity contribution >= 4 is 10.0 Å². The van der Waals surface area contributed by atoms with Crippen LogP contribution in [-0.4, -0.2) is 24.7 Å². The Morgan fingerprint density at radius 3 is 2.46 bits per heavy atom. The molecular formula is C19H17F2N3O3S. The number of nitrogens with one attached hydrogen (secondary N) is 1. The summed E-state index contributed by atoms with van der Waals surface area (Å²) >= 11 is 0. The molecule has 1 N–H and O–H groups in total. The zero-order valence-electron chi connectivity index (χ0n) is 14.7. The minimum atomic E-state index is -4.12. The molecule has 146 valence electrons. The number of aryl methyl sites for hydroxylation is 1. The van der Waals surface area contributed by atoms with Crippen LogP contribution < -0.4 is 10.3 Å². The Morgan fingerprint density at radius 2 is 1.75 bits per heavy atom. The lowest BCUT2D eigenvalue weighted by Crippen LogP contribution is -2.28. The summed E-state index contributed by atoms with van der Waals surface area (Å²) in [5, 5.41) is 4.28. The number of hydrogen-bond donors (Lipinski definition) is 1. The van der Waals surface area contributed by atoms with E-state index in [9.17, 15) is 22.0 Å². The fourth-order valence-corrected chi connectivity index (χ4v) is 3.71. The van der Waals surface area contributed by atoms with E-state index in [2.05, 4.69) is 9.82 Å². The van der Waals surface area contributed by atoms with Crippen molar-refractivity contribution in [2.45, 2.75) is 17.9 Å². The van der Waals surface area contributed by atoms with Crippen molar-refractivity contribution in [2.75, 3.05) is 6.54 Å². The van der Waals surface area contributed by atoms with Crippen LogP contribution in [0.25, 0.3) is 11.3 Å². The summed E-state index contributed by atoms with van der Waals surface area (Å²) < 4.78 is 54.3. The number of benzene rings is 2. The molecule has 0 saturated heterocycles. The van der Waals surface area contributed by atoms with Crippen LogP contribution in [0.5, 0.6) is 0 Å². The van der Waals surface area contributed by atoms with E-state index in [1.807, 2.05) is 30.3 Å². The Labute approximate surface area is 160 Å². The highest BCUT2D eigenvalue weighted by Crippen LogP contribution is 2.16. The molecule has 0 aliphatic heterocycles. The smallest absolute Gasteiger partial charge is 0.266 e. The van der Waals surface area contributed by atoms with Gasteiger partial charge in [0.05, 0.1) is 5.69 Å². The van der Waals surface area contributed by atoms with Crippen molar-refractivity contribution in [3.63, 3.8) is 0 Å². The molecule has 0 aliphatic carbocycles. The second-order valence-corrected chi connectivity index (χ2v) is 7.71. The van der Waals surface area contributed by atoms with Crippen molar-refractivity contribution in [1.82, 2.24) is 14.5 Å². The largest absolute Gasteiger partial charge is 0.268 e. The summed E-state index contributed by atoms with van der Waals surface area (Å²) in [5.41, 5.74) is 1.16. The fourth-order valence-electron chi connectivity index (χ4n) is 2.58. The van der Waals surface area contributed by atoms with Crippen LogP contribution in [-0.2, 0) is 16.6 Å². The number of aromatic nitrogens is 2. The van der Waals surface area contributed by atoms with E-state index < -0.39 is 26.6 Å². The van der Waals surface area contributed by atoms with Crippen LogP contribution in [0, 0.1) is 11.6 Å². The average molecular weight is 405 g/mol. The van der Waals surface area contributed by atoms with Crippen molar-refractivity contribution in [1.29, 1.82) is 0 Å². The second-order valence-electron chi connectivity index (χ2n) is 5.97. The van der Waals surface area contributed by atoms with Gasteiger partial charge in [0.1, 0.15) is 16.5 Å². The highest BCUT2D eigenvalue weighted by molar-refractivity contribution is 7.89. The summed E-state index contributed by atoms with van der Waals surface area (Å²) in [7, 11) is -4.12. The normalized spacial score (nSPS) is 11.5. The monoisotopic (exact) mass is 405 g/mol. The lowest BCUT2D eigenvalue weighted by molar-refractivity contribution is 0.527. The van der Waals surface area contributed by atoms with Gasteiger partial charge in [-0.15, -0.1) is 0 Å². The average Bonchev–Trinajstić information content (AvgIpc) is 2.67. The Bertz CT molecular complexity index is 1130. The van der Waals surface area contributed by atoms with Crippen molar-refractivity contribution in [3.8, 4) is 11.3 Å². The maximum absolute atomic E-state index is 13.7. The predicted octanol–water partition coefficient (Wildman–Crippen LogP) is 2.56. The van der Waals surface area contributed by atoms with E-state index in [0.29, 0.717) is 11.8 Å². The molecule has 28 heavy (non-hydrogen) atoms. The van der Waals surface area contributed by atoms with Gasteiger partial charge in [-0.25, -0.2) is 26.6 Å². The van der Waals surface area contributed by atoms with Crippen molar-refractivity contribution in [2.24, 2.45) is 0 Å². The lowest BCUT2D eigenvalue weighted by Gasteiger charge is -2.09. The van der Waals surface area contributed by atoms with Gasteiger partial charge in [-0.3, -0.25) is 4.79 Å². The number of rotatable bonds is 7. The number of sulfonamides is 1. The molecular weight excluding hydrogens is 388 g/mol. The topological polar surface area (TPSA) is 81.1 Å². The zero-order valence-corrected chi connectivity index (χ0v) is 15.5. The van der Waals surface area contributed by atoms with Gasteiger partial charge in [0, 0.05) is 30.8 Å². The van der Waals surface area contributed by atoms with Crippen LogP contribution in [0.1, 0.15) is 6.42 Å². The van der Waals surface area contributed by atoms with E-state index in [1.54, 1.807) is 6.07 Å². The molecule has 0 bridgehead atoms. The summed E-state index contributed by atoms with van der Waals surface area (Å²) in [6, 6.07) is 14.6. The van der Waals surface area contributed by atoms with Gasteiger partial charge in [-0.2, -0.15) is 5.10 Å². The van der Waals surface area contributed by atoms with Crippen LogP contribution >= 0.6 is 0 Å². The Kier molecular flexibility index (Phi) is 5.96. The number of hydrogen-bond acceptors (Lipinski definition) is 4. The third-order valence-electron chi connectivity index (χ3n) is 3.96. The molecule has 0 unspecified atom stereocenters. The maximum atomic E-state index is 13.7. The molecule has 0 amide bonds. The first kappa shape index (κ1) is 19.8. The third kappa shape index (κ3) is 4.68. The molecule has 1 heterocycles. The van der Waals surface area contributed by atoms with E-state index >= 15 is 0 Å². The van der Waals surface area contributed by atoms with Crippen molar-refractivity contribution < 1.29 is 17.2 Å². The van der Waals surface area contributed by atoms with Gasteiger partial charge in [-0.1, -0.05) is 30.3 Å². The SMILES string of the molecule is O=c1ccc(-c2ccccc2)nn1CCCNS(=O)(=O)c1ccc(F)cc1F. The summed E-state index contributed by atoms with van der Waals surface area (Å²) in [6.45, 7) is 0.136. The first-order valence-corrected chi connectivity index (χ1v) is 9.93. The Balaban J connectivity index is 1.64. The van der Waals surface area contributed by atoms with Gasteiger partial charge >= 0.3 is 0 Å². The molecule has 2 aromatic carbocycles. The van der Waals surface area contributed by atoms with Gasteiger partial charge in [0.2, 0.25) is 10.0 Å². The van der Waals surface area contributed by atoms with Gasteiger partial charge in [-0.05, 0) is 24.6 Å². The van der Waals surface area contributed by atoms with Crippen LogP contribution in [0.2, 0.25) is 0 Å². The Hall–Kier alpha value is -2.91. The van der Waals surface area contributed by atoms with Gasteiger partial charge < -0.3 is 0 Å². The highest BCUT2D eigenvalue weighted by atomic mass is 32.2. The standard InChI is InChI=1S/C19H17F2N3O3S/c20-15-7-9-18(16(21)13-15)28(26,27)22-11-4-12-24-19(25)10-8-17(23-24)14-5-2-1-3-6-14/h1-3,5-10,13,22H,4,11-12H2. The van der Waals surface area contributed by atoms with E-state index in [4.69, 9.17) is 0 Å². The van der Waals surface area contributed by atoms with Crippen molar-refractivity contribution in [3.05, 3.63) is 82.7 Å². The Morgan fingerprint density at radius 1 is 1.00 bits per heavy atom.